The standard InChI is InChI=1S/C19H26N4O/c1-4-20-19(22-12-16-8-6-5-7-9-16)23-14-17-10-11-18(21-13-17)24-15(2)3/h5-11,13,15H,4,12,14H2,1-3H3,(H2,20,22,23). The number of rotatable bonds is 7. The minimum atomic E-state index is 0.129. The molecule has 0 radical (unpaired) electrons. The molecule has 128 valence electrons. The molecule has 1 aromatic heterocycles. The second-order valence-electron chi connectivity index (χ2n) is 5.71. The quantitative estimate of drug-likeness (QED) is 0.606. The highest BCUT2D eigenvalue weighted by molar-refractivity contribution is 5.79. The summed E-state index contributed by atoms with van der Waals surface area (Å²) in [6, 6.07) is 14.1. The van der Waals surface area contributed by atoms with E-state index in [0.29, 0.717) is 12.4 Å². The van der Waals surface area contributed by atoms with Crippen LogP contribution >= 0.6 is 0 Å². The van der Waals surface area contributed by atoms with Crippen LogP contribution in [0.4, 0.5) is 0 Å². The molecule has 0 fully saturated rings. The monoisotopic (exact) mass is 326 g/mol. The third kappa shape index (κ3) is 6.28. The molecule has 2 rings (SSSR count). The molecule has 0 atom stereocenters. The molecule has 0 bridgehead atoms. The van der Waals surface area contributed by atoms with Crippen LogP contribution in [0.5, 0.6) is 5.88 Å². The topological polar surface area (TPSA) is 58.5 Å². The van der Waals surface area contributed by atoms with Crippen molar-refractivity contribution in [1.82, 2.24) is 15.6 Å². The number of nitrogens with one attached hydrogen (secondary N) is 2. The molecule has 2 N–H and O–H groups in total. The van der Waals surface area contributed by atoms with Crippen molar-refractivity contribution in [2.45, 2.75) is 40.0 Å². The number of nitrogens with zero attached hydrogens (tertiary/aromatic N) is 2. The van der Waals surface area contributed by atoms with Crippen molar-refractivity contribution >= 4 is 5.96 Å². The van der Waals surface area contributed by atoms with Gasteiger partial charge in [0.1, 0.15) is 0 Å². The van der Waals surface area contributed by atoms with E-state index in [1.807, 2.05) is 50.4 Å². The maximum Gasteiger partial charge on any atom is 0.213 e. The van der Waals surface area contributed by atoms with Crippen molar-refractivity contribution < 1.29 is 4.74 Å². The number of ether oxygens (including phenoxy) is 1. The maximum atomic E-state index is 5.55. The van der Waals surface area contributed by atoms with Crippen molar-refractivity contribution in [3.63, 3.8) is 0 Å². The first kappa shape index (κ1) is 17.8. The SMILES string of the molecule is CCNC(=NCc1ccc(OC(C)C)nc1)NCc1ccccc1. The lowest BCUT2D eigenvalue weighted by Crippen LogP contribution is -2.36. The second-order valence-corrected chi connectivity index (χ2v) is 5.71. The molecule has 1 heterocycles. The zero-order chi connectivity index (χ0) is 17.2. The largest absolute Gasteiger partial charge is 0.475 e. The summed E-state index contributed by atoms with van der Waals surface area (Å²) in [5.41, 5.74) is 2.27. The smallest absolute Gasteiger partial charge is 0.213 e. The fourth-order valence-corrected chi connectivity index (χ4v) is 2.11. The summed E-state index contributed by atoms with van der Waals surface area (Å²) < 4.78 is 5.55. The fourth-order valence-electron chi connectivity index (χ4n) is 2.11. The van der Waals surface area contributed by atoms with Gasteiger partial charge >= 0.3 is 0 Å². The summed E-state index contributed by atoms with van der Waals surface area (Å²) in [7, 11) is 0. The minimum absolute atomic E-state index is 0.129. The van der Waals surface area contributed by atoms with Crippen LogP contribution in [0.3, 0.4) is 0 Å². The van der Waals surface area contributed by atoms with Gasteiger partial charge in [0.15, 0.2) is 5.96 Å². The lowest BCUT2D eigenvalue weighted by molar-refractivity contribution is 0.232. The molecule has 0 aliphatic rings. The summed E-state index contributed by atoms with van der Waals surface area (Å²) in [5, 5.41) is 6.59. The van der Waals surface area contributed by atoms with Crippen molar-refractivity contribution in [2.75, 3.05) is 6.54 Å². The van der Waals surface area contributed by atoms with Crippen LogP contribution in [0.1, 0.15) is 31.9 Å². The normalized spacial score (nSPS) is 11.4. The first-order valence-corrected chi connectivity index (χ1v) is 8.35. The van der Waals surface area contributed by atoms with Crippen molar-refractivity contribution in [1.29, 1.82) is 0 Å². The van der Waals surface area contributed by atoms with Crippen LogP contribution in [-0.2, 0) is 13.1 Å². The van der Waals surface area contributed by atoms with Crippen LogP contribution in [0, 0.1) is 0 Å². The maximum absolute atomic E-state index is 5.55. The van der Waals surface area contributed by atoms with Gasteiger partial charge in [-0.25, -0.2) is 9.98 Å². The molecule has 0 saturated heterocycles. The molecule has 0 aliphatic carbocycles. The van der Waals surface area contributed by atoms with Gasteiger partial charge in [-0.2, -0.15) is 0 Å². The Bertz CT molecular complexity index is 624. The van der Waals surface area contributed by atoms with E-state index in [9.17, 15) is 0 Å². The molecule has 5 nitrogen and oxygen atoms in total. The van der Waals surface area contributed by atoms with E-state index in [-0.39, 0.29) is 6.10 Å². The third-order valence-electron chi connectivity index (χ3n) is 3.22. The molecule has 0 saturated carbocycles. The number of pyridine rings is 1. The summed E-state index contributed by atoms with van der Waals surface area (Å²) in [6.45, 7) is 8.16. The first-order valence-electron chi connectivity index (χ1n) is 8.35. The fraction of sp³-hybridized carbons (Fsp3) is 0.368. The Kier molecular flexibility index (Phi) is 7.08. The van der Waals surface area contributed by atoms with E-state index in [2.05, 4.69) is 39.7 Å². The molecule has 24 heavy (non-hydrogen) atoms. The number of hydrogen-bond acceptors (Lipinski definition) is 3. The zero-order valence-electron chi connectivity index (χ0n) is 14.6. The molecule has 0 amide bonds. The molecule has 5 heteroatoms. The first-order chi connectivity index (χ1) is 11.7. The average Bonchev–Trinajstić information content (AvgIpc) is 2.59. The molecule has 2 aromatic rings. The van der Waals surface area contributed by atoms with Gasteiger partial charge in [-0.05, 0) is 31.9 Å². The summed E-state index contributed by atoms with van der Waals surface area (Å²) in [6.07, 6.45) is 1.94. The van der Waals surface area contributed by atoms with Gasteiger partial charge in [0, 0.05) is 25.4 Å². The Hall–Kier alpha value is -2.56. The van der Waals surface area contributed by atoms with Gasteiger partial charge in [0.2, 0.25) is 5.88 Å². The molecule has 0 unspecified atom stereocenters. The Balaban J connectivity index is 1.92. The summed E-state index contributed by atoms with van der Waals surface area (Å²) in [5.74, 6) is 1.44. The highest BCUT2D eigenvalue weighted by Crippen LogP contribution is 2.10. The van der Waals surface area contributed by atoms with Gasteiger partial charge < -0.3 is 15.4 Å². The molecular weight excluding hydrogens is 300 g/mol. The Morgan fingerprint density at radius 3 is 2.50 bits per heavy atom. The predicted molar refractivity (Wildman–Crippen MR) is 98.1 cm³/mol. The summed E-state index contributed by atoms with van der Waals surface area (Å²) >= 11 is 0. The Morgan fingerprint density at radius 2 is 1.88 bits per heavy atom. The average molecular weight is 326 g/mol. The number of guanidine groups is 1. The second kappa shape index (κ2) is 9.55. The number of benzene rings is 1. The van der Waals surface area contributed by atoms with Crippen molar-refractivity contribution in [3.05, 3.63) is 59.8 Å². The lowest BCUT2D eigenvalue weighted by Gasteiger charge is -2.11. The molecule has 0 aliphatic heterocycles. The van der Waals surface area contributed by atoms with Crippen LogP contribution < -0.4 is 15.4 Å². The van der Waals surface area contributed by atoms with Gasteiger partial charge in [-0.1, -0.05) is 36.4 Å². The van der Waals surface area contributed by atoms with Gasteiger partial charge in [0.25, 0.3) is 0 Å². The van der Waals surface area contributed by atoms with E-state index < -0.39 is 0 Å². The van der Waals surface area contributed by atoms with Crippen molar-refractivity contribution in [3.8, 4) is 5.88 Å². The van der Waals surface area contributed by atoms with Gasteiger partial charge in [0.05, 0.1) is 12.6 Å². The van der Waals surface area contributed by atoms with Crippen LogP contribution in [0.2, 0.25) is 0 Å². The van der Waals surface area contributed by atoms with E-state index in [4.69, 9.17) is 4.74 Å². The highest BCUT2D eigenvalue weighted by Gasteiger charge is 2.01. The molecule has 0 spiro atoms. The van der Waals surface area contributed by atoms with E-state index in [0.717, 1.165) is 24.6 Å². The Morgan fingerprint density at radius 1 is 1.08 bits per heavy atom. The third-order valence-corrected chi connectivity index (χ3v) is 3.22. The van der Waals surface area contributed by atoms with E-state index in [1.54, 1.807) is 0 Å². The van der Waals surface area contributed by atoms with Gasteiger partial charge in [-0.15, -0.1) is 0 Å². The van der Waals surface area contributed by atoms with Crippen LogP contribution in [0.15, 0.2) is 53.7 Å². The molecular formula is C19H26N4O. The zero-order valence-corrected chi connectivity index (χ0v) is 14.6. The van der Waals surface area contributed by atoms with Gasteiger partial charge in [-0.3, -0.25) is 0 Å². The Labute approximate surface area is 144 Å². The minimum Gasteiger partial charge on any atom is -0.475 e. The highest BCUT2D eigenvalue weighted by atomic mass is 16.5. The summed E-state index contributed by atoms with van der Waals surface area (Å²) in [4.78, 5) is 8.91. The van der Waals surface area contributed by atoms with E-state index in [1.165, 1.54) is 5.56 Å². The van der Waals surface area contributed by atoms with E-state index >= 15 is 0 Å². The lowest BCUT2D eigenvalue weighted by atomic mass is 10.2. The number of aliphatic imine (C=N–C) groups is 1. The van der Waals surface area contributed by atoms with Crippen LogP contribution in [-0.4, -0.2) is 23.6 Å². The van der Waals surface area contributed by atoms with Crippen molar-refractivity contribution in [2.24, 2.45) is 4.99 Å². The number of hydrogen-bond donors (Lipinski definition) is 2. The predicted octanol–water partition coefficient (Wildman–Crippen LogP) is 3.12. The molecule has 1 aromatic carbocycles. The number of aromatic nitrogens is 1. The van der Waals surface area contributed by atoms with Crippen LogP contribution in [0.25, 0.3) is 0 Å².